The number of benzene rings is 1. The molecule has 0 fully saturated rings. The molecule has 0 aliphatic heterocycles. The molecular weight excluding hydrogens is 330 g/mol. The highest BCUT2D eigenvalue weighted by molar-refractivity contribution is 6.34. The number of rotatable bonds is 4. The lowest BCUT2D eigenvalue weighted by Crippen LogP contribution is -2.27. The van der Waals surface area contributed by atoms with Gasteiger partial charge in [-0.3, -0.25) is 4.79 Å². The van der Waals surface area contributed by atoms with E-state index >= 15 is 0 Å². The Kier molecular flexibility index (Phi) is 5.16. The van der Waals surface area contributed by atoms with Gasteiger partial charge in [-0.25, -0.2) is 0 Å². The van der Waals surface area contributed by atoms with E-state index < -0.39 is 5.41 Å². The summed E-state index contributed by atoms with van der Waals surface area (Å²) in [5, 5.41) is 28.3. The zero-order valence-electron chi connectivity index (χ0n) is 13.4. The SMILES string of the molecule is CC(C)(C)C(=O)Nc1ccc(NC=C(C#N)c2nn[nH]n2)cc1Cl. The number of carbonyl (C=O) groups is 1. The minimum atomic E-state index is -0.519. The number of hydrogen-bond acceptors (Lipinski definition) is 6. The average molecular weight is 346 g/mol. The van der Waals surface area contributed by atoms with Gasteiger partial charge in [-0.1, -0.05) is 32.4 Å². The van der Waals surface area contributed by atoms with Crippen molar-refractivity contribution in [1.29, 1.82) is 5.26 Å². The highest BCUT2D eigenvalue weighted by Crippen LogP contribution is 2.27. The molecule has 0 spiro atoms. The third-order valence-electron chi connectivity index (χ3n) is 2.99. The van der Waals surface area contributed by atoms with Gasteiger partial charge in [0.05, 0.1) is 10.7 Å². The van der Waals surface area contributed by atoms with E-state index in [-0.39, 0.29) is 17.3 Å². The Morgan fingerprint density at radius 3 is 2.71 bits per heavy atom. The molecule has 2 aromatic rings. The number of nitrogens with one attached hydrogen (secondary N) is 3. The van der Waals surface area contributed by atoms with Gasteiger partial charge in [0, 0.05) is 17.3 Å². The van der Waals surface area contributed by atoms with Crippen molar-refractivity contribution in [1.82, 2.24) is 20.6 Å². The summed E-state index contributed by atoms with van der Waals surface area (Å²) in [7, 11) is 0. The number of aromatic amines is 1. The molecule has 0 saturated carbocycles. The summed E-state index contributed by atoms with van der Waals surface area (Å²) >= 11 is 6.19. The summed E-state index contributed by atoms with van der Waals surface area (Å²) in [6, 6.07) is 7.02. The van der Waals surface area contributed by atoms with Gasteiger partial charge in [-0.15, -0.1) is 10.2 Å². The van der Waals surface area contributed by atoms with Crippen LogP contribution in [0.2, 0.25) is 5.02 Å². The maximum atomic E-state index is 12.0. The summed E-state index contributed by atoms with van der Waals surface area (Å²) in [6.45, 7) is 5.45. The van der Waals surface area contributed by atoms with Crippen molar-refractivity contribution in [2.45, 2.75) is 20.8 Å². The van der Waals surface area contributed by atoms with E-state index in [1.54, 1.807) is 18.2 Å². The molecule has 1 amide bonds. The van der Waals surface area contributed by atoms with Crippen LogP contribution in [-0.2, 0) is 4.79 Å². The van der Waals surface area contributed by atoms with E-state index in [4.69, 9.17) is 16.9 Å². The Hall–Kier alpha value is -2.92. The predicted molar refractivity (Wildman–Crippen MR) is 90.9 cm³/mol. The lowest BCUT2D eigenvalue weighted by atomic mass is 9.95. The highest BCUT2D eigenvalue weighted by atomic mass is 35.5. The van der Waals surface area contributed by atoms with Crippen LogP contribution in [0.15, 0.2) is 24.4 Å². The van der Waals surface area contributed by atoms with E-state index in [0.717, 1.165) is 0 Å². The normalized spacial score (nSPS) is 11.7. The van der Waals surface area contributed by atoms with Crippen molar-refractivity contribution in [2.75, 3.05) is 10.6 Å². The van der Waals surface area contributed by atoms with Crippen LogP contribution >= 0.6 is 11.6 Å². The Morgan fingerprint density at radius 1 is 1.42 bits per heavy atom. The number of anilines is 2. The van der Waals surface area contributed by atoms with Crippen LogP contribution in [0, 0.1) is 16.7 Å². The number of hydrogen-bond donors (Lipinski definition) is 3. The number of carbonyl (C=O) groups excluding carboxylic acids is 1. The van der Waals surface area contributed by atoms with Crippen LogP contribution in [0.4, 0.5) is 11.4 Å². The lowest BCUT2D eigenvalue weighted by Gasteiger charge is -2.18. The number of tetrazole rings is 1. The van der Waals surface area contributed by atoms with Gasteiger partial charge in [0.1, 0.15) is 11.6 Å². The molecule has 1 aromatic heterocycles. The summed E-state index contributed by atoms with van der Waals surface area (Å²) in [5.74, 6) is 0.0547. The summed E-state index contributed by atoms with van der Waals surface area (Å²) in [5.41, 5.74) is 0.856. The zero-order chi connectivity index (χ0) is 17.7. The van der Waals surface area contributed by atoms with Gasteiger partial charge in [0.2, 0.25) is 11.7 Å². The van der Waals surface area contributed by atoms with E-state index in [9.17, 15) is 4.79 Å². The van der Waals surface area contributed by atoms with Crippen LogP contribution < -0.4 is 10.6 Å². The molecule has 0 atom stereocenters. The van der Waals surface area contributed by atoms with Crippen LogP contribution in [0.1, 0.15) is 26.6 Å². The van der Waals surface area contributed by atoms with Gasteiger partial charge in [0.15, 0.2) is 0 Å². The molecule has 0 aliphatic carbocycles. The van der Waals surface area contributed by atoms with Crippen molar-refractivity contribution in [3.8, 4) is 6.07 Å². The monoisotopic (exact) mass is 345 g/mol. The number of H-pyrrole nitrogens is 1. The first-order valence-corrected chi connectivity index (χ1v) is 7.40. The van der Waals surface area contributed by atoms with Crippen LogP contribution in [0.5, 0.6) is 0 Å². The maximum absolute atomic E-state index is 12.0. The first-order chi connectivity index (χ1) is 11.3. The Bertz CT molecular complexity index is 800. The quantitative estimate of drug-likeness (QED) is 0.733. The van der Waals surface area contributed by atoms with Gasteiger partial charge in [-0.05, 0) is 23.4 Å². The van der Waals surface area contributed by atoms with Crippen molar-refractivity contribution < 1.29 is 4.79 Å². The molecule has 2 rings (SSSR count). The summed E-state index contributed by atoms with van der Waals surface area (Å²) in [6.07, 6.45) is 1.45. The molecule has 8 nitrogen and oxygen atoms in total. The summed E-state index contributed by atoms with van der Waals surface area (Å²) in [4.78, 5) is 12.0. The molecular formula is C15H16ClN7O. The average Bonchev–Trinajstić information content (AvgIpc) is 3.03. The van der Waals surface area contributed by atoms with Crippen molar-refractivity contribution in [3.05, 3.63) is 35.2 Å². The fourth-order valence-corrected chi connectivity index (χ4v) is 1.82. The second kappa shape index (κ2) is 7.10. The molecule has 1 heterocycles. The fraction of sp³-hybridized carbons (Fsp3) is 0.267. The third kappa shape index (κ3) is 4.30. The minimum Gasteiger partial charge on any atom is -0.360 e. The molecule has 9 heteroatoms. The molecule has 1 aromatic carbocycles. The highest BCUT2D eigenvalue weighted by Gasteiger charge is 2.21. The number of nitriles is 1. The van der Waals surface area contributed by atoms with Crippen molar-refractivity contribution in [2.24, 2.45) is 5.41 Å². The topological polar surface area (TPSA) is 119 Å². The Labute approximate surface area is 143 Å². The fourth-order valence-electron chi connectivity index (χ4n) is 1.59. The maximum Gasteiger partial charge on any atom is 0.229 e. The molecule has 0 aliphatic rings. The van der Waals surface area contributed by atoms with Gasteiger partial charge >= 0.3 is 0 Å². The van der Waals surface area contributed by atoms with E-state index in [1.165, 1.54) is 6.20 Å². The number of nitrogens with zero attached hydrogens (tertiary/aromatic N) is 4. The minimum absolute atomic E-state index is 0.131. The molecule has 0 bridgehead atoms. The first kappa shape index (κ1) is 17.4. The van der Waals surface area contributed by atoms with Gasteiger partial charge in [-0.2, -0.15) is 10.5 Å². The Morgan fingerprint density at radius 2 is 2.17 bits per heavy atom. The molecule has 0 saturated heterocycles. The lowest BCUT2D eigenvalue weighted by molar-refractivity contribution is -0.123. The largest absolute Gasteiger partial charge is 0.360 e. The van der Waals surface area contributed by atoms with Crippen LogP contribution in [0.25, 0.3) is 5.57 Å². The number of amides is 1. The standard InChI is InChI=1S/C15H16ClN7O/c1-15(2,3)14(24)19-12-5-4-10(6-11(12)16)18-8-9(7-17)13-20-22-23-21-13/h4-6,8,18H,1-3H3,(H,19,24)(H,20,21,22,23). The molecule has 0 radical (unpaired) electrons. The van der Waals surface area contributed by atoms with Crippen molar-refractivity contribution >= 4 is 34.5 Å². The molecule has 3 N–H and O–H groups in total. The summed E-state index contributed by atoms with van der Waals surface area (Å²) < 4.78 is 0. The number of allylic oxidation sites excluding steroid dienone is 1. The number of aromatic nitrogens is 4. The zero-order valence-corrected chi connectivity index (χ0v) is 14.1. The second-order valence-corrected chi connectivity index (χ2v) is 6.36. The predicted octanol–water partition coefficient (Wildman–Crippen LogP) is 2.81. The smallest absolute Gasteiger partial charge is 0.229 e. The van der Waals surface area contributed by atoms with Crippen molar-refractivity contribution in [3.63, 3.8) is 0 Å². The van der Waals surface area contributed by atoms with E-state index in [0.29, 0.717) is 16.4 Å². The van der Waals surface area contributed by atoms with Gasteiger partial charge < -0.3 is 10.6 Å². The van der Waals surface area contributed by atoms with Gasteiger partial charge in [0.25, 0.3) is 0 Å². The third-order valence-corrected chi connectivity index (χ3v) is 3.30. The molecule has 124 valence electrons. The van der Waals surface area contributed by atoms with Crippen LogP contribution in [-0.4, -0.2) is 26.5 Å². The number of halogens is 1. The Balaban J connectivity index is 2.13. The van der Waals surface area contributed by atoms with E-state index in [1.807, 2.05) is 26.8 Å². The molecule has 24 heavy (non-hydrogen) atoms. The first-order valence-electron chi connectivity index (χ1n) is 7.03. The molecule has 0 unspecified atom stereocenters. The van der Waals surface area contributed by atoms with Crippen LogP contribution in [0.3, 0.4) is 0 Å². The van der Waals surface area contributed by atoms with E-state index in [2.05, 4.69) is 31.3 Å². The second-order valence-electron chi connectivity index (χ2n) is 5.95.